The first kappa shape index (κ1) is 15.9. The van der Waals surface area contributed by atoms with Gasteiger partial charge in [-0.25, -0.2) is 0 Å². The lowest BCUT2D eigenvalue weighted by molar-refractivity contribution is -0.123. The van der Waals surface area contributed by atoms with Crippen molar-refractivity contribution in [2.75, 3.05) is 33.2 Å². The van der Waals surface area contributed by atoms with Gasteiger partial charge in [-0.05, 0) is 38.8 Å². The van der Waals surface area contributed by atoms with E-state index in [0.717, 1.165) is 44.6 Å². The number of likely N-dealkylation sites (tertiary alicyclic amines) is 1. The van der Waals surface area contributed by atoms with Gasteiger partial charge in [0.25, 0.3) is 5.91 Å². The highest BCUT2D eigenvalue weighted by atomic mass is 16.2. The highest BCUT2D eigenvalue weighted by Gasteiger charge is 2.20. The molecule has 0 aromatic rings. The number of aliphatic imine (C=N–C) groups is 1. The summed E-state index contributed by atoms with van der Waals surface area (Å²) in [6.07, 6.45) is 6.53. The second kappa shape index (κ2) is 8.86. The molecule has 0 aromatic heterocycles. The summed E-state index contributed by atoms with van der Waals surface area (Å²) in [5.41, 5.74) is 1.74. The Balaban J connectivity index is 0.00000361. The van der Waals surface area contributed by atoms with Crippen molar-refractivity contribution in [1.29, 1.82) is 0 Å². The Kier molecular flexibility index (Phi) is 7.41. The molecule has 1 aliphatic rings. The summed E-state index contributed by atoms with van der Waals surface area (Å²) in [5.74, 6) is 0.0768. The van der Waals surface area contributed by atoms with Crippen LogP contribution in [0.25, 0.3) is 0 Å². The number of rotatable bonds is 7. The van der Waals surface area contributed by atoms with E-state index in [1.807, 2.05) is 17.9 Å². The molecule has 110 valence electrons. The molecule has 0 saturated carbocycles. The normalized spacial score (nSPS) is 17.1. The van der Waals surface area contributed by atoms with Crippen LogP contribution in [0.5, 0.6) is 0 Å². The molecule has 4 nitrogen and oxygen atoms in total. The highest BCUT2D eigenvalue weighted by Crippen LogP contribution is 2.09. The van der Waals surface area contributed by atoms with Gasteiger partial charge in [0.05, 0.1) is 0 Å². The minimum absolute atomic E-state index is 0. The van der Waals surface area contributed by atoms with Gasteiger partial charge in [0.15, 0.2) is 0 Å². The average molecular weight is 267 g/mol. The third-order valence-corrected chi connectivity index (χ3v) is 3.35. The first-order valence-electron chi connectivity index (χ1n) is 7.33. The molecule has 1 aliphatic heterocycles. The molecule has 0 spiro atoms. The Labute approximate surface area is 118 Å². The molecule has 0 aromatic carbocycles. The monoisotopic (exact) mass is 267 g/mol. The molecule has 1 rings (SSSR count). The Morgan fingerprint density at radius 1 is 1.42 bits per heavy atom. The minimum Gasteiger partial charge on any atom is -0.337 e. The van der Waals surface area contributed by atoms with Gasteiger partial charge < -0.3 is 10.2 Å². The van der Waals surface area contributed by atoms with Crippen LogP contribution in [0.1, 0.15) is 41.0 Å². The highest BCUT2D eigenvalue weighted by molar-refractivity contribution is 6.43. The van der Waals surface area contributed by atoms with Gasteiger partial charge in [0.1, 0.15) is 5.71 Å². The second-order valence-corrected chi connectivity index (χ2v) is 5.13. The van der Waals surface area contributed by atoms with Crippen LogP contribution in [0.2, 0.25) is 0 Å². The SMILES string of the molecule is CCCCNC/C(C)=C/C(=NC)C(=O)N1CCCC1.[HH]. The number of carbonyl (C=O) groups excluding carboxylic acids is 1. The van der Waals surface area contributed by atoms with E-state index in [-0.39, 0.29) is 7.33 Å². The van der Waals surface area contributed by atoms with Crippen molar-refractivity contribution < 1.29 is 6.22 Å². The summed E-state index contributed by atoms with van der Waals surface area (Å²) in [6, 6.07) is 0. The predicted octanol–water partition coefficient (Wildman–Crippen LogP) is 2.26. The largest absolute Gasteiger partial charge is 0.337 e. The average Bonchev–Trinajstić information content (AvgIpc) is 2.94. The molecule has 1 saturated heterocycles. The zero-order valence-electron chi connectivity index (χ0n) is 12.5. The lowest BCUT2D eigenvalue weighted by atomic mass is 10.2. The Hall–Kier alpha value is -1.16. The first-order valence-corrected chi connectivity index (χ1v) is 7.33. The molecule has 1 fully saturated rings. The van der Waals surface area contributed by atoms with Crippen LogP contribution < -0.4 is 5.32 Å². The number of hydrogen-bond donors (Lipinski definition) is 1. The number of amides is 1. The van der Waals surface area contributed by atoms with E-state index in [1.54, 1.807) is 7.05 Å². The molecule has 4 heteroatoms. The predicted molar refractivity (Wildman–Crippen MR) is 82.8 cm³/mol. The number of nitrogens with one attached hydrogen (secondary N) is 1. The molecule has 1 N–H and O–H groups in total. The zero-order valence-corrected chi connectivity index (χ0v) is 12.5. The summed E-state index contributed by atoms with van der Waals surface area (Å²) < 4.78 is 0. The molecular formula is C15H29N3O. The lowest BCUT2D eigenvalue weighted by Gasteiger charge is -2.15. The van der Waals surface area contributed by atoms with Gasteiger partial charge >= 0.3 is 0 Å². The van der Waals surface area contributed by atoms with E-state index in [0.29, 0.717) is 5.71 Å². The van der Waals surface area contributed by atoms with Crippen LogP contribution in [-0.2, 0) is 4.79 Å². The number of unbranched alkanes of at least 4 members (excludes halogenated alkanes) is 1. The van der Waals surface area contributed by atoms with Crippen LogP contribution in [0.15, 0.2) is 16.6 Å². The van der Waals surface area contributed by atoms with E-state index in [9.17, 15) is 4.79 Å². The van der Waals surface area contributed by atoms with E-state index >= 15 is 0 Å². The van der Waals surface area contributed by atoms with Crippen LogP contribution in [0.3, 0.4) is 0 Å². The van der Waals surface area contributed by atoms with E-state index < -0.39 is 0 Å². The van der Waals surface area contributed by atoms with Gasteiger partial charge in [-0.3, -0.25) is 9.79 Å². The van der Waals surface area contributed by atoms with E-state index in [4.69, 9.17) is 0 Å². The fourth-order valence-electron chi connectivity index (χ4n) is 2.18. The third kappa shape index (κ3) is 5.55. The van der Waals surface area contributed by atoms with Gasteiger partial charge in [-0.2, -0.15) is 0 Å². The zero-order chi connectivity index (χ0) is 14.1. The number of hydrogen-bond acceptors (Lipinski definition) is 3. The molecule has 0 atom stereocenters. The molecule has 19 heavy (non-hydrogen) atoms. The van der Waals surface area contributed by atoms with Gasteiger partial charge in [0.2, 0.25) is 0 Å². The van der Waals surface area contributed by atoms with Crippen molar-refractivity contribution in [2.24, 2.45) is 4.99 Å². The fourth-order valence-corrected chi connectivity index (χ4v) is 2.18. The number of nitrogens with zero attached hydrogens (tertiary/aromatic N) is 2. The summed E-state index contributed by atoms with van der Waals surface area (Å²) in [6.45, 7) is 7.83. The van der Waals surface area contributed by atoms with E-state index in [2.05, 4.69) is 17.2 Å². The van der Waals surface area contributed by atoms with Crippen molar-refractivity contribution in [1.82, 2.24) is 10.2 Å². The molecular weight excluding hydrogens is 238 g/mol. The molecule has 0 radical (unpaired) electrons. The Morgan fingerprint density at radius 3 is 2.68 bits per heavy atom. The molecule has 0 aliphatic carbocycles. The van der Waals surface area contributed by atoms with Crippen molar-refractivity contribution in [3.63, 3.8) is 0 Å². The van der Waals surface area contributed by atoms with Crippen LogP contribution in [-0.4, -0.2) is 49.7 Å². The van der Waals surface area contributed by atoms with Crippen molar-refractivity contribution in [3.05, 3.63) is 11.6 Å². The minimum atomic E-state index is 0. The maximum atomic E-state index is 12.2. The van der Waals surface area contributed by atoms with Crippen molar-refractivity contribution in [3.8, 4) is 0 Å². The number of carbonyl (C=O) groups is 1. The van der Waals surface area contributed by atoms with Crippen LogP contribution in [0, 0.1) is 0 Å². The first-order chi connectivity index (χ1) is 9.19. The van der Waals surface area contributed by atoms with Crippen molar-refractivity contribution in [2.45, 2.75) is 39.5 Å². The quantitative estimate of drug-likeness (QED) is 0.568. The topological polar surface area (TPSA) is 44.7 Å². The van der Waals surface area contributed by atoms with Gasteiger partial charge in [0, 0.05) is 28.1 Å². The smallest absolute Gasteiger partial charge is 0.271 e. The third-order valence-electron chi connectivity index (χ3n) is 3.35. The summed E-state index contributed by atoms with van der Waals surface area (Å²) in [5, 5.41) is 3.38. The van der Waals surface area contributed by atoms with Gasteiger partial charge in [-0.15, -0.1) is 0 Å². The Bertz CT molecular complexity index is 347. The van der Waals surface area contributed by atoms with Crippen molar-refractivity contribution >= 4 is 11.6 Å². The van der Waals surface area contributed by atoms with Crippen LogP contribution in [0.4, 0.5) is 0 Å². The second-order valence-electron chi connectivity index (χ2n) is 5.13. The summed E-state index contributed by atoms with van der Waals surface area (Å²) in [4.78, 5) is 18.3. The maximum Gasteiger partial charge on any atom is 0.271 e. The molecule has 1 heterocycles. The summed E-state index contributed by atoms with van der Waals surface area (Å²) >= 11 is 0. The maximum absolute atomic E-state index is 12.2. The van der Waals surface area contributed by atoms with Gasteiger partial charge in [-0.1, -0.05) is 18.9 Å². The van der Waals surface area contributed by atoms with E-state index in [1.165, 1.54) is 12.8 Å². The molecule has 0 bridgehead atoms. The Morgan fingerprint density at radius 2 is 2.11 bits per heavy atom. The standard InChI is InChI=1S/C15H27N3O.H2/c1-4-5-8-17-12-13(2)11-14(16-3)15(19)18-9-6-7-10-18;/h11,17H,4-10,12H2,1-3H3;1H/b13-11+,16-14?;. The molecule has 0 unspecified atom stereocenters. The fraction of sp³-hybridized carbons (Fsp3) is 0.733. The molecule has 1 amide bonds. The summed E-state index contributed by atoms with van der Waals surface area (Å²) in [7, 11) is 1.69. The lowest BCUT2D eigenvalue weighted by Crippen LogP contribution is -2.33. The van der Waals surface area contributed by atoms with Crippen LogP contribution >= 0.6 is 0 Å².